The number of nitrogens with zero attached hydrogens (tertiary/aromatic N) is 1. The highest BCUT2D eigenvalue weighted by molar-refractivity contribution is 7.09. The van der Waals surface area contributed by atoms with Crippen molar-refractivity contribution in [2.45, 2.75) is 6.92 Å². The first-order valence-electron chi connectivity index (χ1n) is 9.39. The van der Waals surface area contributed by atoms with Crippen LogP contribution in [0.5, 0.6) is 0 Å². The van der Waals surface area contributed by atoms with Crippen LogP contribution in [0.4, 0.5) is 11.4 Å². The quantitative estimate of drug-likeness (QED) is 0.446. The third kappa shape index (κ3) is 4.61. The van der Waals surface area contributed by atoms with Crippen LogP contribution in [-0.2, 0) is 0 Å². The zero-order chi connectivity index (χ0) is 20.9. The summed E-state index contributed by atoms with van der Waals surface area (Å²) in [6.07, 6.45) is 0. The smallest absolute Gasteiger partial charge is 0.255 e. The maximum Gasteiger partial charge on any atom is 0.255 e. The van der Waals surface area contributed by atoms with E-state index in [1.165, 1.54) is 0 Å². The van der Waals surface area contributed by atoms with Crippen molar-refractivity contribution in [3.63, 3.8) is 0 Å². The van der Waals surface area contributed by atoms with Crippen LogP contribution in [-0.4, -0.2) is 16.8 Å². The molecule has 6 heteroatoms. The third-order valence-electron chi connectivity index (χ3n) is 4.48. The summed E-state index contributed by atoms with van der Waals surface area (Å²) < 4.78 is 0. The van der Waals surface area contributed by atoms with Crippen LogP contribution in [0.3, 0.4) is 0 Å². The number of anilines is 2. The molecule has 0 aliphatic rings. The van der Waals surface area contributed by atoms with E-state index in [1.807, 2.05) is 54.8 Å². The standard InChI is InChI=1S/C24H19N3O2S/c1-16-25-22(15-30-16)19-8-5-9-21(14-19)27-24(29)18-10-12-20(13-11-18)26-23(28)17-6-3-2-4-7-17/h2-15H,1H3,(H,26,28)(H,27,29). The van der Waals surface area contributed by atoms with E-state index in [0.29, 0.717) is 22.5 Å². The fraction of sp³-hybridized carbons (Fsp3) is 0.0417. The van der Waals surface area contributed by atoms with E-state index in [2.05, 4.69) is 15.6 Å². The average Bonchev–Trinajstić information content (AvgIpc) is 3.21. The molecule has 0 saturated carbocycles. The summed E-state index contributed by atoms with van der Waals surface area (Å²) in [5.41, 5.74) is 4.26. The molecule has 148 valence electrons. The highest BCUT2D eigenvalue weighted by atomic mass is 32.1. The Labute approximate surface area is 178 Å². The van der Waals surface area contributed by atoms with E-state index in [-0.39, 0.29) is 11.8 Å². The van der Waals surface area contributed by atoms with Crippen LogP contribution in [0.2, 0.25) is 0 Å². The number of amides is 2. The van der Waals surface area contributed by atoms with Gasteiger partial charge >= 0.3 is 0 Å². The number of hydrogen-bond donors (Lipinski definition) is 2. The Balaban J connectivity index is 1.42. The van der Waals surface area contributed by atoms with Gasteiger partial charge in [0.1, 0.15) is 0 Å². The van der Waals surface area contributed by atoms with E-state index in [1.54, 1.807) is 47.7 Å². The molecule has 0 aliphatic heterocycles. The van der Waals surface area contributed by atoms with E-state index < -0.39 is 0 Å². The highest BCUT2D eigenvalue weighted by Crippen LogP contribution is 2.24. The number of thiazole rings is 1. The number of rotatable bonds is 5. The van der Waals surface area contributed by atoms with Crippen LogP contribution in [0.25, 0.3) is 11.3 Å². The molecule has 1 aromatic heterocycles. The SMILES string of the molecule is Cc1nc(-c2cccc(NC(=O)c3ccc(NC(=O)c4ccccc4)cc3)c2)cs1. The molecule has 3 aromatic carbocycles. The Hall–Kier alpha value is -3.77. The lowest BCUT2D eigenvalue weighted by atomic mass is 10.1. The Morgan fingerprint density at radius 3 is 2.10 bits per heavy atom. The highest BCUT2D eigenvalue weighted by Gasteiger charge is 2.10. The second-order valence-corrected chi connectivity index (χ2v) is 7.75. The topological polar surface area (TPSA) is 71.1 Å². The number of carbonyl (C=O) groups excluding carboxylic acids is 2. The molecule has 1 heterocycles. The Kier molecular flexibility index (Phi) is 5.68. The van der Waals surface area contributed by atoms with Gasteiger partial charge in [0.05, 0.1) is 10.7 Å². The van der Waals surface area contributed by atoms with Crippen LogP contribution in [0, 0.1) is 6.92 Å². The minimum Gasteiger partial charge on any atom is -0.322 e. The predicted molar refractivity (Wildman–Crippen MR) is 121 cm³/mol. The van der Waals surface area contributed by atoms with Crippen LogP contribution in [0.15, 0.2) is 84.2 Å². The second-order valence-electron chi connectivity index (χ2n) is 6.68. The molecule has 0 radical (unpaired) electrons. The molecule has 30 heavy (non-hydrogen) atoms. The number of aromatic nitrogens is 1. The Bertz CT molecular complexity index is 1180. The molecule has 2 amide bonds. The average molecular weight is 414 g/mol. The number of benzene rings is 3. The fourth-order valence-electron chi connectivity index (χ4n) is 2.95. The summed E-state index contributed by atoms with van der Waals surface area (Å²) in [5, 5.41) is 8.73. The molecule has 0 aliphatic carbocycles. The van der Waals surface area contributed by atoms with Gasteiger partial charge in [0.2, 0.25) is 0 Å². The van der Waals surface area contributed by atoms with Gasteiger partial charge in [-0.05, 0) is 55.5 Å². The third-order valence-corrected chi connectivity index (χ3v) is 5.25. The normalized spacial score (nSPS) is 10.4. The first-order chi connectivity index (χ1) is 14.6. The van der Waals surface area contributed by atoms with E-state index in [9.17, 15) is 9.59 Å². The molecule has 0 atom stereocenters. The molecular formula is C24H19N3O2S. The number of aryl methyl sites for hydroxylation is 1. The van der Waals surface area contributed by atoms with Crippen molar-refractivity contribution in [3.8, 4) is 11.3 Å². The van der Waals surface area contributed by atoms with Crippen molar-refractivity contribution in [3.05, 3.63) is 100 Å². The monoisotopic (exact) mass is 413 g/mol. The van der Waals surface area contributed by atoms with E-state index in [0.717, 1.165) is 16.3 Å². The first-order valence-corrected chi connectivity index (χ1v) is 10.3. The first kappa shape index (κ1) is 19.5. The van der Waals surface area contributed by atoms with Gasteiger partial charge in [-0.25, -0.2) is 4.98 Å². The fourth-order valence-corrected chi connectivity index (χ4v) is 3.58. The summed E-state index contributed by atoms with van der Waals surface area (Å²) in [4.78, 5) is 29.3. The van der Waals surface area contributed by atoms with Gasteiger partial charge in [-0.2, -0.15) is 0 Å². The zero-order valence-electron chi connectivity index (χ0n) is 16.3. The molecular weight excluding hydrogens is 394 g/mol. The second kappa shape index (κ2) is 8.71. The molecule has 0 bridgehead atoms. The molecule has 0 saturated heterocycles. The minimum atomic E-state index is -0.220. The van der Waals surface area contributed by atoms with Crippen molar-refractivity contribution in [1.29, 1.82) is 0 Å². The Morgan fingerprint density at radius 2 is 1.43 bits per heavy atom. The molecule has 2 N–H and O–H groups in total. The summed E-state index contributed by atoms with van der Waals surface area (Å²) in [6, 6.07) is 23.4. The van der Waals surface area contributed by atoms with Crippen molar-refractivity contribution < 1.29 is 9.59 Å². The van der Waals surface area contributed by atoms with Crippen LogP contribution < -0.4 is 10.6 Å². The van der Waals surface area contributed by atoms with Gasteiger partial charge in [0.25, 0.3) is 11.8 Å². The molecule has 4 rings (SSSR count). The van der Waals surface area contributed by atoms with Gasteiger partial charge < -0.3 is 10.6 Å². The molecule has 5 nitrogen and oxygen atoms in total. The lowest BCUT2D eigenvalue weighted by Crippen LogP contribution is -2.13. The van der Waals surface area contributed by atoms with Crippen molar-refractivity contribution in [2.24, 2.45) is 0 Å². The van der Waals surface area contributed by atoms with Gasteiger partial charge in [0.15, 0.2) is 0 Å². The van der Waals surface area contributed by atoms with Crippen LogP contribution >= 0.6 is 11.3 Å². The maximum atomic E-state index is 12.6. The lowest BCUT2D eigenvalue weighted by molar-refractivity contribution is 0.102. The predicted octanol–water partition coefficient (Wildman–Crippen LogP) is 5.62. The molecule has 0 unspecified atom stereocenters. The molecule has 4 aromatic rings. The van der Waals surface area contributed by atoms with Gasteiger partial charge in [0, 0.05) is 33.4 Å². The lowest BCUT2D eigenvalue weighted by Gasteiger charge is -2.08. The Morgan fingerprint density at radius 1 is 0.767 bits per heavy atom. The van der Waals surface area contributed by atoms with Gasteiger partial charge in [-0.1, -0.05) is 30.3 Å². The minimum absolute atomic E-state index is 0.193. The molecule has 0 fully saturated rings. The van der Waals surface area contributed by atoms with Crippen LogP contribution in [0.1, 0.15) is 25.7 Å². The summed E-state index contributed by atoms with van der Waals surface area (Å²) >= 11 is 1.59. The maximum absolute atomic E-state index is 12.6. The van der Waals surface area contributed by atoms with E-state index >= 15 is 0 Å². The molecule has 0 spiro atoms. The van der Waals surface area contributed by atoms with E-state index in [4.69, 9.17) is 0 Å². The van der Waals surface area contributed by atoms with Gasteiger partial charge in [-0.3, -0.25) is 9.59 Å². The zero-order valence-corrected chi connectivity index (χ0v) is 17.1. The number of hydrogen-bond acceptors (Lipinski definition) is 4. The number of carbonyl (C=O) groups is 2. The largest absolute Gasteiger partial charge is 0.322 e. The summed E-state index contributed by atoms with van der Waals surface area (Å²) in [6.45, 7) is 1.96. The summed E-state index contributed by atoms with van der Waals surface area (Å²) in [5.74, 6) is -0.413. The van der Waals surface area contributed by atoms with Crippen molar-refractivity contribution >= 4 is 34.5 Å². The summed E-state index contributed by atoms with van der Waals surface area (Å²) in [7, 11) is 0. The van der Waals surface area contributed by atoms with Gasteiger partial charge in [-0.15, -0.1) is 11.3 Å². The number of nitrogens with one attached hydrogen (secondary N) is 2. The van der Waals surface area contributed by atoms with Crippen molar-refractivity contribution in [1.82, 2.24) is 4.98 Å². The van der Waals surface area contributed by atoms with Crippen molar-refractivity contribution in [2.75, 3.05) is 10.6 Å².